The van der Waals surface area contributed by atoms with Crippen LogP contribution in [0.3, 0.4) is 0 Å². The zero-order valence-corrected chi connectivity index (χ0v) is 9.05. The van der Waals surface area contributed by atoms with Gasteiger partial charge in [0.05, 0.1) is 0 Å². The van der Waals surface area contributed by atoms with Crippen molar-refractivity contribution >= 4 is 0 Å². The van der Waals surface area contributed by atoms with E-state index in [2.05, 4.69) is 32.6 Å². The summed E-state index contributed by atoms with van der Waals surface area (Å²) in [5.41, 5.74) is 5.97. The largest absolute Gasteiger partial charge is 0.325 e. The lowest BCUT2D eigenvalue weighted by Crippen LogP contribution is -2.34. The van der Waals surface area contributed by atoms with Crippen LogP contribution in [0.5, 0.6) is 0 Å². The minimum Gasteiger partial charge on any atom is -0.325 e. The fourth-order valence-electron chi connectivity index (χ4n) is 0.995. The predicted molar refractivity (Wildman–Crippen MR) is 60.7 cm³/mol. The lowest BCUT2D eigenvalue weighted by molar-refractivity contribution is 0.458. The molecule has 0 rings (SSSR count). The van der Waals surface area contributed by atoms with Crippen LogP contribution in [0.2, 0.25) is 0 Å². The van der Waals surface area contributed by atoms with Gasteiger partial charge in [-0.05, 0) is 39.0 Å². The zero-order chi connectivity index (χ0) is 10.2. The van der Waals surface area contributed by atoms with E-state index in [-0.39, 0.29) is 5.54 Å². The van der Waals surface area contributed by atoms with Gasteiger partial charge >= 0.3 is 0 Å². The molecule has 0 aliphatic heterocycles. The van der Waals surface area contributed by atoms with Crippen LogP contribution in [-0.4, -0.2) is 5.54 Å². The summed E-state index contributed by atoms with van der Waals surface area (Å²) in [7, 11) is 0. The maximum atomic E-state index is 5.99. The first kappa shape index (κ1) is 12.4. The molecule has 1 atom stereocenters. The maximum absolute atomic E-state index is 5.99. The quantitative estimate of drug-likeness (QED) is 0.472. The van der Waals surface area contributed by atoms with Crippen molar-refractivity contribution in [1.29, 1.82) is 0 Å². The van der Waals surface area contributed by atoms with E-state index in [9.17, 15) is 0 Å². The molecule has 0 aromatic heterocycles. The molecule has 0 heterocycles. The van der Waals surface area contributed by atoms with E-state index in [0.717, 1.165) is 25.7 Å². The van der Waals surface area contributed by atoms with Crippen molar-refractivity contribution in [3.05, 3.63) is 24.8 Å². The molecule has 1 heteroatoms. The topological polar surface area (TPSA) is 26.0 Å². The van der Waals surface area contributed by atoms with Gasteiger partial charge in [-0.3, -0.25) is 0 Å². The molecule has 0 amide bonds. The summed E-state index contributed by atoms with van der Waals surface area (Å²) in [4.78, 5) is 0. The second kappa shape index (κ2) is 6.90. The fraction of sp³-hybridized carbons (Fsp3) is 0.667. The van der Waals surface area contributed by atoms with Gasteiger partial charge in [0, 0.05) is 5.54 Å². The van der Waals surface area contributed by atoms with Crippen LogP contribution in [-0.2, 0) is 0 Å². The third-order valence-electron chi connectivity index (χ3n) is 2.34. The molecule has 0 radical (unpaired) electrons. The summed E-state index contributed by atoms with van der Waals surface area (Å²) >= 11 is 0. The lowest BCUT2D eigenvalue weighted by atomic mass is 9.96. The van der Waals surface area contributed by atoms with Crippen molar-refractivity contribution in [2.45, 2.75) is 51.5 Å². The summed E-state index contributed by atoms with van der Waals surface area (Å²) in [6, 6.07) is 0. The molecule has 0 aliphatic carbocycles. The van der Waals surface area contributed by atoms with E-state index in [1.807, 2.05) is 6.08 Å². The number of hydrogen-bond acceptors (Lipinski definition) is 1. The summed E-state index contributed by atoms with van der Waals surface area (Å²) < 4.78 is 0. The Kier molecular flexibility index (Phi) is 6.61. The van der Waals surface area contributed by atoms with E-state index >= 15 is 0 Å². The molecule has 0 aromatic rings. The van der Waals surface area contributed by atoms with Crippen LogP contribution in [0.1, 0.15) is 46.0 Å². The Hall–Kier alpha value is -0.560. The summed E-state index contributed by atoms with van der Waals surface area (Å²) in [5, 5.41) is 0. The molecule has 0 aromatic carbocycles. The zero-order valence-electron chi connectivity index (χ0n) is 9.05. The number of allylic oxidation sites excluding steroid dienone is 2. The van der Waals surface area contributed by atoms with Crippen LogP contribution >= 0.6 is 0 Å². The van der Waals surface area contributed by atoms with Gasteiger partial charge in [0.15, 0.2) is 0 Å². The first-order chi connectivity index (χ1) is 6.12. The van der Waals surface area contributed by atoms with Crippen molar-refractivity contribution < 1.29 is 0 Å². The van der Waals surface area contributed by atoms with Gasteiger partial charge in [0.25, 0.3) is 0 Å². The van der Waals surface area contributed by atoms with Crippen molar-refractivity contribution in [3.63, 3.8) is 0 Å². The van der Waals surface area contributed by atoms with Gasteiger partial charge in [-0.25, -0.2) is 0 Å². The van der Waals surface area contributed by atoms with Gasteiger partial charge in [-0.15, -0.1) is 6.58 Å². The number of hydrogen-bond donors (Lipinski definition) is 1. The fourth-order valence-corrected chi connectivity index (χ4v) is 0.995. The lowest BCUT2D eigenvalue weighted by Gasteiger charge is -2.19. The Balaban J connectivity index is 3.45. The van der Waals surface area contributed by atoms with Crippen LogP contribution < -0.4 is 5.73 Å². The SMILES string of the molecule is C=CCCCC=CCC(C)(N)CC. The first-order valence-corrected chi connectivity index (χ1v) is 5.17. The molecule has 0 bridgehead atoms. The van der Waals surface area contributed by atoms with Crippen LogP contribution in [0, 0.1) is 0 Å². The van der Waals surface area contributed by atoms with E-state index in [0.29, 0.717) is 0 Å². The molecular formula is C12H23N. The molecular weight excluding hydrogens is 158 g/mol. The van der Waals surface area contributed by atoms with Crippen molar-refractivity contribution in [1.82, 2.24) is 0 Å². The Bertz CT molecular complexity index is 157. The van der Waals surface area contributed by atoms with Crippen molar-refractivity contribution in [3.8, 4) is 0 Å². The average Bonchev–Trinajstić information content (AvgIpc) is 2.11. The molecule has 0 saturated heterocycles. The molecule has 0 aliphatic rings. The maximum Gasteiger partial charge on any atom is 0.0157 e. The van der Waals surface area contributed by atoms with Crippen LogP contribution in [0.15, 0.2) is 24.8 Å². The summed E-state index contributed by atoms with van der Waals surface area (Å²) in [5.74, 6) is 0. The first-order valence-electron chi connectivity index (χ1n) is 5.17. The Morgan fingerprint density at radius 3 is 2.54 bits per heavy atom. The van der Waals surface area contributed by atoms with Crippen molar-refractivity contribution in [2.24, 2.45) is 5.73 Å². The number of nitrogens with two attached hydrogens (primary N) is 1. The minimum absolute atomic E-state index is 0.0189. The third-order valence-corrected chi connectivity index (χ3v) is 2.34. The highest BCUT2D eigenvalue weighted by atomic mass is 14.7. The van der Waals surface area contributed by atoms with E-state index in [1.165, 1.54) is 6.42 Å². The smallest absolute Gasteiger partial charge is 0.0157 e. The molecule has 0 saturated carbocycles. The predicted octanol–water partition coefficient (Wildman–Crippen LogP) is 3.42. The number of rotatable bonds is 7. The average molecular weight is 181 g/mol. The number of unbranched alkanes of at least 4 members (excludes halogenated alkanes) is 2. The highest BCUT2D eigenvalue weighted by Crippen LogP contribution is 2.11. The van der Waals surface area contributed by atoms with Gasteiger partial charge in [-0.2, -0.15) is 0 Å². The molecule has 13 heavy (non-hydrogen) atoms. The molecule has 0 spiro atoms. The highest BCUT2D eigenvalue weighted by Gasteiger charge is 2.11. The minimum atomic E-state index is -0.0189. The van der Waals surface area contributed by atoms with Crippen LogP contribution in [0.25, 0.3) is 0 Å². The van der Waals surface area contributed by atoms with E-state index in [1.54, 1.807) is 0 Å². The molecule has 0 fully saturated rings. The second-order valence-corrected chi connectivity index (χ2v) is 3.90. The van der Waals surface area contributed by atoms with Gasteiger partial charge in [-0.1, -0.05) is 25.2 Å². The molecule has 76 valence electrons. The monoisotopic (exact) mass is 181 g/mol. The van der Waals surface area contributed by atoms with Gasteiger partial charge in [0.1, 0.15) is 0 Å². The standard InChI is InChI=1S/C12H23N/c1-4-6-7-8-9-10-11-12(3,13)5-2/h4,9-10H,1,5-8,11,13H2,2-3H3. The molecule has 2 N–H and O–H groups in total. The molecule has 1 unspecified atom stereocenters. The summed E-state index contributed by atoms with van der Waals surface area (Å²) in [6.45, 7) is 7.92. The molecule has 1 nitrogen and oxygen atoms in total. The van der Waals surface area contributed by atoms with Gasteiger partial charge < -0.3 is 5.73 Å². The Morgan fingerprint density at radius 1 is 1.31 bits per heavy atom. The van der Waals surface area contributed by atoms with Crippen molar-refractivity contribution in [2.75, 3.05) is 0 Å². The second-order valence-electron chi connectivity index (χ2n) is 3.90. The van der Waals surface area contributed by atoms with E-state index in [4.69, 9.17) is 5.73 Å². The van der Waals surface area contributed by atoms with E-state index < -0.39 is 0 Å². The highest BCUT2D eigenvalue weighted by molar-refractivity contribution is 4.91. The normalized spacial score (nSPS) is 15.9. The third kappa shape index (κ3) is 7.79. The Labute approximate surface area is 82.7 Å². The van der Waals surface area contributed by atoms with Crippen LogP contribution in [0.4, 0.5) is 0 Å². The summed E-state index contributed by atoms with van der Waals surface area (Å²) in [6.07, 6.45) is 11.9. The Morgan fingerprint density at radius 2 is 2.00 bits per heavy atom. The van der Waals surface area contributed by atoms with Gasteiger partial charge in [0.2, 0.25) is 0 Å².